The molecule has 4 aromatic rings. The highest BCUT2D eigenvalue weighted by Crippen LogP contribution is 2.33. The first-order valence-corrected chi connectivity index (χ1v) is 12.9. The first-order chi connectivity index (χ1) is 20.5. The predicted octanol–water partition coefficient (Wildman–Crippen LogP) is 5.27. The average molecular weight is 579 g/mol. The zero-order chi connectivity index (χ0) is 30.8. The van der Waals surface area contributed by atoms with E-state index in [-0.39, 0.29) is 39.4 Å². The largest absolute Gasteiger partial charge is 0.454 e. The Hall–Kier alpha value is -5.97. The number of rotatable bonds is 8. The van der Waals surface area contributed by atoms with Crippen molar-refractivity contribution in [3.05, 3.63) is 134 Å². The van der Waals surface area contributed by atoms with Gasteiger partial charge in [-0.1, -0.05) is 17.7 Å². The number of nitrogens with zero attached hydrogens (tertiary/aromatic N) is 2. The fourth-order valence-electron chi connectivity index (χ4n) is 4.45. The number of hydrogen-bond donors (Lipinski definition) is 0. The second-order valence-corrected chi connectivity index (χ2v) is 9.71. The van der Waals surface area contributed by atoms with Gasteiger partial charge in [0.2, 0.25) is 0 Å². The Morgan fingerprint density at radius 3 is 2.02 bits per heavy atom. The minimum atomic E-state index is -0.884. The highest BCUT2D eigenvalue weighted by molar-refractivity contribution is 6.35. The van der Waals surface area contributed by atoms with E-state index >= 15 is 0 Å². The first kappa shape index (κ1) is 28.6. The number of fused-ring (bicyclic) bond motifs is 1. The van der Waals surface area contributed by atoms with E-state index in [9.17, 15) is 34.1 Å². The van der Waals surface area contributed by atoms with Crippen LogP contribution in [0.4, 0.5) is 11.4 Å². The fourth-order valence-corrected chi connectivity index (χ4v) is 4.45. The normalized spacial score (nSPS) is 12.1. The van der Waals surface area contributed by atoms with Crippen LogP contribution in [0.2, 0.25) is 0 Å². The van der Waals surface area contributed by atoms with E-state index in [0.717, 1.165) is 10.5 Å². The molecule has 1 aliphatic heterocycles. The summed E-state index contributed by atoms with van der Waals surface area (Å²) in [7, 11) is 0. The van der Waals surface area contributed by atoms with E-state index in [1.165, 1.54) is 67.6 Å². The number of non-ortho nitro benzene ring substituents is 1. The molecule has 5 rings (SSSR count). The number of anilines is 1. The lowest BCUT2D eigenvalue weighted by Crippen LogP contribution is -2.30. The van der Waals surface area contributed by atoms with Crippen LogP contribution in [0.1, 0.15) is 62.9 Å². The molecule has 0 saturated carbocycles. The summed E-state index contributed by atoms with van der Waals surface area (Å²) < 4.78 is 10.5. The third-order valence-electron chi connectivity index (χ3n) is 6.76. The number of carbonyl (C=O) groups is 5. The van der Waals surface area contributed by atoms with Gasteiger partial charge in [-0.2, -0.15) is 0 Å². The first-order valence-electron chi connectivity index (χ1n) is 12.9. The lowest BCUT2D eigenvalue weighted by atomic mass is 10.1. The molecule has 0 unspecified atom stereocenters. The van der Waals surface area contributed by atoms with Crippen LogP contribution in [0.3, 0.4) is 0 Å². The summed E-state index contributed by atoms with van der Waals surface area (Å²) in [6, 6.07) is 20.2. The Balaban J connectivity index is 1.22. The molecule has 2 amide bonds. The number of Topliss-reactive ketones (excluding diaryl/α,β-unsaturated/α-hetero) is 1. The molecule has 0 radical (unpaired) electrons. The number of esters is 2. The third kappa shape index (κ3) is 5.77. The van der Waals surface area contributed by atoms with Gasteiger partial charge in [-0.05, 0) is 80.1 Å². The number of nitro benzene ring substituents is 1. The Morgan fingerprint density at radius 2 is 1.37 bits per heavy atom. The number of aryl methyl sites for hydroxylation is 2. The second kappa shape index (κ2) is 11.5. The maximum atomic E-state index is 13.1. The van der Waals surface area contributed by atoms with Gasteiger partial charge < -0.3 is 9.47 Å². The smallest absolute Gasteiger partial charge is 0.343 e. The summed E-state index contributed by atoms with van der Waals surface area (Å²) in [5.41, 5.74) is 1.90. The van der Waals surface area contributed by atoms with Gasteiger partial charge in [-0.15, -0.1) is 0 Å². The highest BCUT2D eigenvalue weighted by Gasteiger charge is 2.38. The van der Waals surface area contributed by atoms with Crippen LogP contribution in [0, 0.1) is 24.0 Å². The van der Waals surface area contributed by atoms with Gasteiger partial charge in [0.25, 0.3) is 17.5 Å². The molecular formula is C32H22N2O9. The molecule has 0 spiro atoms. The average Bonchev–Trinajstić information content (AvgIpc) is 3.24. The minimum absolute atomic E-state index is 0.0423. The molecule has 0 atom stereocenters. The Labute approximate surface area is 244 Å². The van der Waals surface area contributed by atoms with E-state index in [4.69, 9.17) is 9.47 Å². The third-order valence-corrected chi connectivity index (χ3v) is 6.76. The van der Waals surface area contributed by atoms with Crippen molar-refractivity contribution in [1.29, 1.82) is 0 Å². The van der Waals surface area contributed by atoms with E-state index in [2.05, 4.69) is 0 Å². The minimum Gasteiger partial charge on any atom is -0.454 e. The standard InChI is InChI=1S/C32H22N2O9/c1-18-3-5-21(6-4-18)32(39)43-24-11-7-20(8-12-24)28(35)17-42-31(38)22-9-13-25-26(16-22)30(37)33(29(25)36)27-14-10-23(34(40)41)15-19(27)2/h3-16H,17H2,1-2H3. The maximum absolute atomic E-state index is 13.1. The van der Waals surface area contributed by atoms with Crippen LogP contribution in [0.15, 0.2) is 84.9 Å². The SMILES string of the molecule is Cc1ccc(C(=O)Oc2ccc(C(=O)COC(=O)c3ccc4c(c3)C(=O)N(c3ccc([N+](=O)[O-])cc3C)C4=O)cc2)cc1. The molecule has 0 aliphatic carbocycles. The van der Waals surface area contributed by atoms with E-state index < -0.39 is 41.1 Å². The Kier molecular flexibility index (Phi) is 7.63. The Morgan fingerprint density at radius 1 is 0.744 bits per heavy atom. The molecule has 1 heterocycles. The van der Waals surface area contributed by atoms with Crippen molar-refractivity contribution < 1.29 is 38.4 Å². The lowest BCUT2D eigenvalue weighted by Gasteiger charge is -2.16. The summed E-state index contributed by atoms with van der Waals surface area (Å²) in [6.45, 7) is 2.84. The Bertz CT molecular complexity index is 1830. The number of hydrogen-bond acceptors (Lipinski definition) is 9. The van der Waals surface area contributed by atoms with E-state index in [1.807, 2.05) is 6.92 Å². The summed E-state index contributed by atoms with van der Waals surface area (Å²) in [5.74, 6) is -3.06. The number of amides is 2. The summed E-state index contributed by atoms with van der Waals surface area (Å²) in [5, 5.41) is 11.0. The summed E-state index contributed by atoms with van der Waals surface area (Å²) >= 11 is 0. The van der Waals surface area contributed by atoms with Gasteiger partial charge in [-0.3, -0.25) is 24.5 Å². The molecule has 11 nitrogen and oxygen atoms in total. The maximum Gasteiger partial charge on any atom is 0.343 e. The van der Waals surface area contributed by atoms with Gasteiger partial charge in [0.15, 0.2) is 12.4 Å². The number of ketones is 1. The fraction of sp³-hybridized carbons (Fsp3) is 0.0938. The van der Waals surface area contributed by atoms with Gasteiger partial charge in [-0.25, -0.2) is 14.5 Å². The van der Waals surface area contributed by atoms with Gasteiger partial charge in [0, 0.05) is 17.7 Å². The zero-order valence-corrected chi connectivity index (χ0v) is 22.9. The van der Waals surface area contributed by atoms with Gasteiger partial charge >= 0.3 is 11.9 Å². The molecule has 43 heavy (non-hydrogen) atoms. The molecule has 0 bridgehead atoms. The molecular weight excluding hydrogens is 556 g/mol. The molecule has 1 aliphatic rings. The van der Waals surface area contributed by atoms with Crippen molar-refractivity contribution >= 4 is 40.9 Å². The number of carbonyl (C=O) groups excluding carboxylic acids is 5. The van der Waals surface area contributed by atoms with E-state index in [1.54, 1.807) is 24.3 Å². The van der Waals surface area contributed by atoms with Crippen LogP contribution in [0.5, 0.6) is 5.75 Å². The van der Waals surface area contributed by atoms with Gasteiger partial charge in [0.1, 0.15) is 5.75 Å². The monoisotopic (exact) mass is 578 g/mol. The predicted molar refractivity (Wildman–Crippen MR) is 153 cm³/mol. The topological polar surface area (TPSA) is 150 Å². The van der Waals surface area contributed by atoms with Gasteiger partial charge in [0.05, 0.1) is 32.9 Å². The van der Waals surface area contributed by atoms with Crippen molar-refractivity contribution in [2.45, 2.75) is 13.8 Å². The van der Waals surface area contributed by atoms with Crippen molar-refractivity contribution in [3.8, 4) is 5.75 Å². The summed E-state index contributed by atoms with van der Waals surface area (Å²) in [6.07, 6.45) is 0. The molecule has 214 valence electrons. The van der Waals surface area contributed by atoms with Crippen LogP contribution < -0.4 is 9.64 Å². The quantitative estimate of drug-likeness (QED) is 0.0680. The molecule has 11 heteroatoms. The number of benzene rings is 4. The molecule has 0 fully saturated rings. The van der Waals surface area contributed by atoms with Crippen LogP contribution >= 0.6 is 0 Å². The van der Waals surface area contributed by atoms with Crippen molar-refractivity contribution in [3.63, 3.8) is 0 Å². The number of ether oxygens (including phenoxy) is 2. The van der Waals surface area contributed by atoms with E-state index in [0.29, 0.717) is 11.1 Å². The zero-order valence-electron chi connectivity index (χ0n) is 22.9. The van der Waals surface area contributed by atoms with Crippen molar-refractivity contribution in [2.24, 2.45) is 0 Å². The molecule has 0 aromatic heterocycles. The lowest BCUT2D eigenvalue weighted by molar-refractivity contribution is -0.384. The number of nitro groups is 1. The van der Waals surface area contributed by atoms with Crippen LogP contribution in [-0.2, 0) is 4.74 Å². The number of imide groups is 1. The second-order valence-electron chi connectivity index (χ2n) is 9.71. The highest BCUT2D eigenvalue weighted by atomic mass is 16.6. The van der Waals surface area contributed by atoms with Crippen LogP contribution in [-0.4, -0.2) is 41.1 Å². The van der Waals surface area contributed by atoms with Crippen molar-refractivity contribution in [2.75, 3.05) is 11.5 Å². The molecule has 0 saturated heterocycles. The molecule has 0 N–H and O–H groups in total. The molecule has 4 aromatic carbocycles. The summed E-state index contributed by atoms with van der Waals surface area (Å²) in [4.78, 5) is 75.1. The van der Waals surface area contributed by atoms with Crippen molar-refractivity contribution in [1.82, 2.24) is 0 Å². The van der Waals surface area contributed by atoms with Crippen LogP contribution in [0.25, 0.3) is 0 Å².